The number of rotatable bonds is 7. The van der Waals surface area contributed by atoms with Crippen LogP contribution < -0.4 is 5.73 Å². The topological polar surface area (TPSA) is 67.9 Å². The number of carbonyl (C=O) groups is 1. The monoisotopic (exact) mass is 403 g/mol. The van der Waals surface area contributed by atoms with Gasteiger partial charge in [0.1, 0.15) is 16.5 Å². The van der Waals surface area contributed by atoms with Gasteiger partial charge >= 0.3 is 0 Å². The number of carbonyl (C=O) groups excluding carboxylic acids is 1. The van der Waals surface area contributed by atoms with Gasteiger partial charge in [0.05, 0.1) is 0 Å². The van der Waals surface area contributed by atoms with Crippen molar-refractivity contribution in [2.45, 2.75) is 17.7 Å². The summed E-state index contributed by atoms with van der Waals surface area (Å²) >= 11 is 7.72. The minimum absolute atomic E-state index is 0.0376. The predicted octanol–water partition coefficient (Wildman–Crippen LogP) is 3.82. The van der Waals surface area contributed by atoms with Crippen molar-refractivity contribution in [2.24, 2.45) is 10.8 Å². The van der Waals surface area contributed by atoms with Crippen LogP contribution >= 0.6 is 23.4 Å². The van der Waals surface area contributed by atoms with Gasteiger partial charge in [-0.15, -0.1) is 0 Å². The van der Waals surface area contributed by atoms with Crippen LogP contribution in [0.15, 0.2) is 59.7 Å². The van der Waals surface area contributed by atoms with Gasteiger partial charge in [-0.2, -0.15) is 5.10 Å². The van der Waals surface area contributed by atoms with Crippen molar-refractivity contribution in [1.29, 1.82) is 0 Å². The zero-order valence-electron chi connectivity index (χ0n) is 15.1. The Kier molecular flexibility index (Phi) is 6.55. The molecule has 1 aliphatic rings. The number of thioether (sulfide) groups is 1. The van der Waals surface area contributed by atoms with Gasteiger partial charge in [0.25, 0.3) is 5.91 Å². The molecule has 1 unspecified atom stereocenters. The van der Waals surface area contributed by atoms with Crippen molar-refractivity contribution in [3.8, 4) is 0 Å². The van der Waals surface area contributed by atoms with Gasteiger partial charge in [-0.1, -0.05) is 65.8 Å². The second-order valence-corrected chi connectivity index (χ2v) is 7.90. The summed E-state index contributed by atoms with van der Waals surface area (Å²) in [7, 11) is 1.51. The molecule has 27 heavy (non-hydrogen) atoms. The average molecular weight is 404 g/mol. The Morgan fingerprint density at radius 1 is 1.26 bits per heavy atom. The second-order valence-electron chi connectivity index (χ2n) is 6.20. The van der Waals surface area contributed by atoms with Crippen LogP contribution in [0, 0.1) is 0 Å². The van der Waals surface area contributed by atoms with Crippen LogP contribution in [0.2, 0.25) is 5.02 Å². The van der Waals surface area contributed by atoms with E-state index in [9.17, 15) is 4.79 Å². The normalized spacial score (nSPS) is 19.2. The summed E-state index contributed by atoms with van der Waals surface area (Å²) in [5.41, 5.74) is 7.69. The Morgan fingerprint density at radius 2 is 2.04 bits per heavy atom. The number of amides is 1. The van der Waals surface area contributed by atoms with Crippen molar-refractivity contribution in [3.63, 3.8) is 0 Å². The molecule has 142 valence electrons. The highest BCUT2D eigenvalue weighted by Gasteiger charge is 2.48. The lowest BCUT2D eigenvalue weighted by atomic mass is 10.00. The Labute approximate surface area is 168 Å². The van der Waals surface area contributed by atoms with Crippen LogP contribution in [0.1, 0.15) is 24.0 Å². The molecule has 2 aromatic carbocycles. The Hall–Kier alpha value is -1.86. The molecule has 2 aromatic rings. The molecule has 0 fully saturated rings. The highest BCUT2D eigenvalue weighted by Crippen LogP contribution is 2.50. The molecule has 1 aliphatic heterocycles. The molecule has 0 aliphatic carbocycles. The number of nitrogens with zero attached hydrogens (tertiary/aromatic N) is 2. The molecule has 0 saturated carbocycles. The molecule has 7 heteroatoms. The van der Waals surface area contributed by atoms with E-state index in [4.69, 9.17) is 22.1 Å². The maximum absolute atomic E-state index is 12.9. The largest absolute Gasteiger partial charge is 0.375 e. The van der Waals surface area contributed by atoms with Gasteiger partial charge in [-0.3, -0.25) is 4.79 Å². The van der Waals surface area contributed by atoms with E-state index in [1.54, 1.807) is 16.8 Å². The summed E-state index contributed by atoms with van der Waals surface area (Å²) < 4.78 is 5.09. The first kappa shape index (κ1) is 19.9. The van der Waals surface area contributed by atoms with Gasteiger partial charge in [0, 0.05) is 17.7 Å². The third-order valence-corrected chi connectivity index (χ3v) is 6.01. The molecule has 0 saturated heterocycles. The predicted molar refractivity (Wildman–Crippen MR) is 111 cm³/mol. The van der Waals surface area contributed by atoms with Crippen molar-refractivity contribution in [3.05, 3.63) is 70.7 Å². The number of ether oxygens (including phenoxy) is 1. The quantitative estimate of drug-likeness (QED) is 0.763. The van der Waals surface area contributed by atoms with E-state index >= 15 is 0 Å². The van der Waals surface area contributed by atoms with Crippen molar-refractivity contribution >= 4 is 34.3 Å². The minimum Gasteiger partial charge on any atom is -0.375 e. The first-order chi connectivity index (χ1) is 13.1. The van der Waals surface area contributed by atoms with E-state index in [2.05, 4.69) is 5.10 Å². The number of benzene rings is 2. The zero-order valence-corrected chi connectivity index (χ0v) is 16.7. The van der Waals surface area contributed by atoms with E-state index < -0.39 is 4.87 Å². The van der Waals surface area contributed by atoms with Crippen LogP contribution in [0.3, 0.4) is 0 Å². The standard InChI is InChI=1S/C20H22ClN3O2S/c1-26-14-18(25)24-20(11-6-12-22,16-8-3-2-4-9-16)27-19(23-24)15-7-5-10-17(21)13-15/h2-5,7-10,13H,6,11-12,14,22H2,1H3. The van der Waals surface area contributed by atoms with Gasteiger partial charge in [0.15, 0.2) is 0 Å². The molecule has 3 rings (SSSR count). The average Bonchev–Trinajstić information content (AvgIpc) is 3.08. The third-order valence-electron chi connectivity index (χ3n) is 4.32. The second kappa shape index (κ2) is 8.89. The van der Waals surface area contributed by atoms with E-state index in [0.717, 1.165) is 22.6 Å². The number of nitrogens with two attached hydrogens (primary N) is 1. The Morgan fingerprint density at radius 3 is 2.70 bits per heavy atom. The molecule has 1 atom stereocenters. The first-order valence-electron chi connectivity index (χ1n) is 8.72. The summed E-state index contributed by atoms with van der Waals surface area (Å²) in [6.07, 6.45) is 1.44. The van der Waals surface area contributed by atoms with Crippen LogP contribution in [-0.2, 0) is 14.4 Å². The van der Waals surface area contributed by atoms with Crippen molar-refractivity contribution in [2.75, 3.05) is 20.3 Å². The molecule has 5 nitrogen and oxygen atoms in total. The number of methoxy groups -OCH3 is 1. The van der Waals surface area contributed by atoms with Crippen molar-refractivity contribution < 1.29 is 9.53 Å². The molecule has 1 amide bonds. The molecule has 1 heterocycles. The molecule has 0 aromatic heterocycles. The fourth-order valence-corrected chi connectivity index (χ4v) is 4.70. The molecular formula is C20H22ClN3O2S. The number of halogens is 1. The summed E-state index contributed by atoms with van der Waals surface area (Å²) in [6.45, 7) is 0.498. The number of hydrazone groups is 1. The third kappa shape index (κ3) is 4.19. The molecular weight excluding hydrogens is 382 g/mol. The summed E-state index contributed by atoms with van der Waals surface area (Å²) in [4.78, 5) is 12.2. The smallest absolute Gasteiger partial charge is 0.270 e. The van der Waals surface area contributed by atoms with E-state index in [-0.39, 0.29) is 12.5 Å². The molecule has 2 N–H and O–H groups in total. The maximum Gasteiger partial charge on any atom is 0.270 e. The highest BCUT2D eigenvalue weighted by atomic mass is 35.5. The highest BCUT2D eigenvalue weighted by molar-refractivity contribution is 8.15. The first-order valence-corrected chi connectivity index (χ1v) is 9.91. The van der Waals surface area contributed by atoms with Crippen LogP contribution in [0.4, 0.5) is 0 Å². The number of hydrogen-bond acceptors (Lipinski definition) is 5. The van der Waals surface area contributed by atoms with Gasteiger partial charge in [-0.05, 0) is 37.1 Å². The SMILES string of the molecule is COCC(=O)N1N=C(c2cccc(Cl)c2)SC1(CCCN)c1ccccc1. The van der Waals surface area contributed by atoms with Gasteiger partial charge < -0.3 is 10.5 Å². The summed E-state index contributed by atoms with van der Waals surface area (Å²) in [5, 5.41) is 7.62. The lowest BCUT2D eigenvalue weighted by molar-refractivity contribution is -0.138. The minimum atomic E-state index is -0.659. The van der Waals surface area contributed by atoms with Crippen molar-refractivity contribution in [1.82, 2.24) is 5.01 Å². The number of hydrogen-bond donors (Lipinski definition) is 1. The van der Waals surface area contributed by atoms with Crippen LogP contribution in [0.5, 0.6) is 0 Å². The van der Waals surface area contributed by atoms with Gasteiger partial charge in [-0.25, -0.2) is 5.01 Å². The molecule has 0 radical (unpaired) electrons. The van der Waals surface area contributed by atoms with E-state index in [1.165, 1.54) is 7.11 Å². The summed E-state index contributed by atoms with van der Waals surface area (Å²) in [6, 6.07) is 17.4. The zero-order chi connectivity index (χ0) is 19.3. The molecule has 0 spiro atoms. The molecule has 0 bridgehead atoms. The fourth-order valence-electron chi connectivity index (χ4n) is 3.10. The van der Waals surface area contributed by atoms with Crippen LogP contribution in [0.25, 0.3) is 0 Å². The lowest BCUT2D eigenvalue weighted by Gasteiger charge is -2.35. The fraction of sp³-hybridized carbons (Fsp3) is 0.300. The Balaban J connectivity index is 2.08. The van der Waals surface area contributed by atoms with Gasteiger partial charge in [0.2, 0.25) is 0 Å². The maximum atomic E-state index is 12.9. The van der Waals surface area contributed by atoms with E-state index in [1.807, 2.05) is 54.6 Å². The Bertz CT molecular complexity index is 831. The van der Waals surface area contributed by atoms with Crippen LogP contribution in [-0.4, -0.2) is 36.2 Å². The summed E-state index contributed by atoms with van der Waals surface area (Å²) in [5.74, 6) is -0.192. The van der Waals surface area contributed by atoms with E-state index in [0.29, 0.717) is 18.0 Å². The lowest BCUT2D eigenvalue weighted by Crippen LogP contribution is -2.43.